The van der Waals surface area contributed by atoms with Crippen molar-refractivity contribution >= 4 is 11.6 Å². The first-order chi connectivity index (χ1) is 9.56. The Morgan fingerprint density at radius 1 is 1.25 bits per heavy atom. The van der Waals surface area contributed by atoms with E-state index in [0.717, 1.165) is 47.2 Å². The SMILES string of the molecule is Cc1[nH]c(CCCNC(C)C)nc1-c1ccc(Cl)cc1. The van der Waals surface area contributed by atoms with Crippen LogP contribution in [-0.2, 0) is 6.42 Å². The number of H-pyrrole nitrogens is 1. The summed E-state index contributed by atoms with van der Waals surface area (Å²) < 4.78 is 0. The largest absolute Gasteiger partial charge is 0.346 e. The van der Waals surface area contributed by atoms with Crippen LogP contribution in [0.3, 0.4) is 0 Å². The van der Waals surface area contributed by atoms with Gasteiger partial charge in [-0.2, -0.15) is 0 Å². The maximum Gasteiger partial charge on any atom is 0.107 e. The van der Waals surface area contributed by atoms with Gasteiger partial charge in [-0.05, 0) is 32.0 Å². The highest BCUT2D eigenvalue weighted by atomic mass is 35.5. The number of aryl methyl sites for hydroxylation is 2. The van der Waals surface area contributed by atoms with Gasteiger partial charge in [-0.3, -0.25) is 0 Å². The van der Waals surface area contributed by atoms with Gasteiger partial charge in [0.1, 0.15) is 5.82 Å². The quantitative estimate of drug-likeness (QED) is 0.791. The average Bonchev–Trinajstić information content (AvgIpc) is 2.77. The Balaban J connectivity index is 2.00. The molecule has 2 rings (SSSR count). The second-order valence-corrected chi connectivity index (χ2v) is 5.81. The minimum Gasteiger partial charge on any atom is -0.346 e. The van der Waals surface area contributed by atoms with E-state index < -0.39 is 0 Å². The van der Waals surface area contributed by atoms with Gasteiger partial charge in [0, 0.05) is 28.7 Å². The molecular weight excluding hydrogens is 270 g/mol. The second-order valence-electron chi connectivity index (χ2n) is 5.38. The molecule has 0 saturated carbocycles. The molecule has 3 nitrogen and oxygen atoms in total. The average molecular weight is 292 g/mol. The summed E-state index contributed by atoms with van der Waals surface area (Å²) >= 11 is 5.92. The first-order valence-electron chi connectivity index (χ1n) is 7.11. The molecule has 0 aliphatic carbocycles. The van der Waals surface area contributed by atoms with Gasteiger partial charge in [0.25, 0.3) is 0 Å². The van der Waals surface area contributed by atoms with Crippen molar-refractivity contribution in [1.82, 2.24) is 15.3 Å². The number of halogens is 1. The van der Waals surface area contributed by atoms with Crippen LogP contribution in [0.5, 0.6) is 0 Å². The smallest absolute Gasteiger partial charge is 0.107 e. The van der Waals surface area contributed by atoms with Crippen LogP contribution in [-0.4, -0.2) is 22.6 Å². The molecule has 0 saturated heterocycles. The molecular formula is C16H22ClN3. The summed E-state index contributed by atoms with van der Waals surface area (Å²) in [5, 5.41) is 4.17. The lowest BCUT2D eigenvalue weighted by Crippen LogP contribution is -2.24. The monoisotopic (exact) mass is 291 g/mol. The molecule has 0 atom stereocenters. The van der Waals surface area contributed by atoms with Crippen molar-refractivity contribution in [2.45, 2.75) is 39.7 Å². The summed E-state index contributed by atoms with van der Waals surface area (Å²) in [5.41, 5.74) is 3.24. The van der Waals surface area contributed by atoms with Crippen molar-refractivity contribution in [2.75, 3.05) is 6.54 Å². The van der Waals surface area contributed by atoms with Crippen molar-refractivity contribution in [2.24, 2.45) is 0 Å². The molecule has 4 heteroatoms. The predicted octanol–water partition coefficient (Wildman–Crippen LogP) is 3.97. The van der Waals surface area contributed by atoms with Crippen LogP contribution < -0.4 is 5.32 Å². The molecule has 0 fully saturated rings. The first kappa shape index (κ1) is 15.1. The van der Waals surface area contributed by atoms with Gasteiger partial charge in [-0.15, -0.1) is 0 Å². The number of nitrogens with zero attached hydrogens (tertiary/aromatic N) is 1. The minimum atomic E-state index is 0.540. The molecule has 0 aliphatic rings. The molecule has 1 aromatic heterocycles. The van der Waals surface area contributed by atoms with Crippen molar-refractivity contribution in [3.05, 3.63) is 40.8 Å². The number of aromatic nitrogens is 2. The molecule has 2 N–H and O–H groups in total. The van der Waals surface area contributed by atoms with E-state index in [9.17, 15) is 0 Å². The second kappa shape index (κ2) is 6.91. The Labute approximate surface area is 125 Å². The van der Waals surface area contributed by atoms with E-state index in [0.29, 0.717) is 6.04 Å². The van der Waals surface area contributed by atoms with Gasteiger partial charge < -0.3 is 10.3 Å². The van der Waals surface area contributed by atoms with E-state index in [1.165, 1.54) is 0 Å². The third kappa shape index (κ3) is 4.09. The Morgan fingerprint density at radius 3 is 2.60 bits per heavy atom. The van der Waals surface area contributed by atoms with Crippen molar-refractivity contribution in [3.63, 3.8) is 0 Å². The lowest BCUT2D eigenvalue weighted by molar-refractivity contribution is 0.567. The van der Waals surface area contributed by atoms with Crippen molar-refractivity contribution < 1.29 is 0 Å². The topological polar surface area (TPSA) is 40.7 Å². The van der Waals surface area contributed by atoms with E-state index in [1.807, 2.05) is 24.3 Å². The standard InChI is InChI=1S/C16H22ClN3/c1-11(2)18-10-4-5-15-19-12(3)16(20-15)13-6-8-14(17)9-7-13/h6-9,11,18H,4-5,10H2,1-3H3,(H,19,20). The van der Waals surface area contributed by atoms with E-state index in [4.69, 9.17) is 16.6 Å². The fourth-order valence-corrected chi connectivity index (χ4v) is 2.30. The highest BCUT2D eigenvalue weighted by molar-refractivity contribution is 6.30. The molecule has 1 aromatic carbocycles. The van der Waals surface area contributed by atoms with Gasteiger partial charge in [0.05, 0.1) is 5.69 Å². The molecule has 0 spiro atoms. The molecule has 2 aromatic rings. The lowest BCUT2D eigenvalue weighted by atomic mass is 10.1. The number of hydrogen-bond acceptors (Lipinski definition) is 2. The zero-order valence-corrected chi connectivity index (χ0v) is 13.1. The Kier molecular flexibility index (Phi) is 5.21. The van der Waals surface area contributed by atoms with E-state index in [2.05, 4.69) is 31.1 Å². The minimum absolute atomic E-state index is 0.540. The number of rotatable bonds is 6. The highest BCUT2D eigenvalue weighted by Crippen LogP contribution is 2.23. The molecule has 0 unspecified atom stereocenters. The Morgan fingerprint density at radius 2 is 1.95 bits per heavy atom. The molecule has 0 radical (unpaired) electrons. The fourth-order valence-electron chi connectivity index (χ4n) is 2.18. The van der Waals surface area contributed by atoms with Crippen LogP contribution in [0.1, 0.15) is 31.8 Å². The van der Waals surface area contributed by atoms with Gasteiger partial charge in [-0.1, -0.05) is 37.6 Å². The predicted molar refractivity (Wildman–Crippen MR) is 85.2 cm³/mol. The molecule has 0 amide bonds. The van der Waals surface area contributed by atoms with Crippen LogP contribution in [0.25, 0.3) is 11.3 Å². The molecule has 0 bridgehead atoms. The summed E-state index contributed by atoms with van der Waals surface area (Å²) in [4.78, 5) is 8.07. The maximum atomic E-state index is 5.92. The summed E-state index contributed by atoms with van der Waals surface area (Å²) in [7, 11) is 0. The third-order valence-corrected chi connectivity index (χ3v) is 3.45. The van der Waals surface area contributed by atoms with Crippen LogP contribution in [0.15, 0.2) is 24.3 Å². The van der Waals surface area contributed by atoms with Gasteiger partial charge in [-0.25, -0.2) is 4.98 Å². The van der Waals surface area contributed by atoms with Gasteiger partial charge >= 0.3 is 0 Å². The van der Waals surface area contributed by atoms with Crippen LogP contribution in [0.4, 0.5) is 0 Å². The van der Waals surface area contributed by atoms with Gasteiger partial charge in [0.2, 0.25) is 0 Å². The first-order valence-corrected chi connectivity index (χ1v) is 7.49. The summed E-state index contributed by atoms with van der Waals surface area (Å²) in [6, 6.07) is 8.36. The maximum absolute atomic E-state index is 5.92. The zero-order valence-electron chi connectivity index (χ0n) is 12.3. The number of hydrogen-bond donors (Lipinski definition) is 2. The van der Waals surface area contributed by atoms with E-state index in [-0.39, 0.29) is 0 Å². The van der Waals surface area contributed by atoms with Crippen LogP contribution >= 0.6 is 11.6 Å². The van der Waals surface area contributed by atoms with Gasteiger partial charge in [0.15, 0.2) is 0 Å². The van der Waals surface area contributed by atoms with E-state index in [1.54, 1.807) is 0 Å². The Hall–Kier alpha value is -1.32. The molecule has 0 aliphatic heterocycles. The summed E-state index contributed by atoms with van der Waals surface area (Å²) in [6.45, 7) is 7.41. The number of imidazole rings is 1. The van der Waals surface area contributed by atoms with Crippen LogP contribution in [0, 0.1) is 6.92 Å². The molecule has 20 heavy (non-hydrogen) atoms. The lowest BCUT2D eigenvalue weighted by Gasteiger charge is -2.06. The number of aromatic amines is 1. The fraction of sp³-hybridized carbons (Fsp3) is 0.438. The normalized spacial score (nSPS) is 11.2. The van der Waals surface area contributed by atoms with Crippen LogP contribution in [0.2, 0.25) is 5.02 Å². The van der Waals surface area contributed by atoms with Crippen molar-refractivity contribution in [3.8, 4) is 11.3 Å². The molecule has 1 heterocycles. The van der Waals surface area contributed by atoms with Crippen molar-refractivity contribution in [1.29, 1.82) is 0 Å². The van der Waals surface area contributed by atoms with E-state index >= 15 is 0 Å². The number of nitrogens with one attached hydrogen (secondary N) is 2. The summed E-state index contributed by atoms with van der Waals surface area (Å²) in [5.74, 6) is 1.05. The highest BCUT2D eigenvalue weighted by Gasteiger charge is 2.08. The Bertz CT molecular complexity index is 543. The number of benzene rings is 1. The summed E-state index contributed by atoms with van der Waals surface area (Å²) in [6.07, 6.45) is 2.05. The molecule has 108 valence electrons. The zero-order chi connectivity index (χ0) is 14.5. The third-order valence-electron chi connectivity index (χ3n) is 3.19.